The van der Waals surface area contributed by atoms with Crippen LogP contribution in [0.25, 0.3) is 0 Å². The first-order valence-corrected chi connectivity index (χ1v) is 7.93. The summed E-state index contributed by atoms with van der Waals surface area (Å²) in [6.07, 6.45) is -1.82. The molecule has 9 heteroatoms. The molecular formula is C16H22FN3O5. The monoisotopic (exact) mass is 355 g/mol. The number of hydrogen-bond acceptors (Lipinski definition) is 7. The van der Waals surface area contributed by atoms with Gasteiger partial charge in [-0.3, -0.25) is 14.9 Å². The maximum atomic E-state index is 12.8. The molecule has 4 atom stereocenters. The van der Waals surface area contributed by atoms with E-state index < -0.39 is 48.0 Å². The molecule has 25 heavy (non-hydrogen) atoms. The van der Waals surface area contributed by atoms with Gasteiger partial charge in [0.25, 0.3) is 0 Å². The zero-order chi connectivity index (χ0) is 18.6. The molecule has 0 radical (unpaired) electrons. The van der Waals surface area contributed by atoms with Crippen LogP contribution >= 0.6 is 0 Å². The van der Waals surface area contributed by atoms with Crippen LogP contribution in [0.2, 0.25) is 0 Å². The number of pyridine rings is 1. The summed E-state index contributed by atoms with van der Waals surface area (Å²) in [4.78, 5) is 28.1. The largest absolute Gasteiger partial charge is 0.395 e. The first-order chi connectivity index (χ1) is 11.8. The van der Waals surface area contributed by atoms with Gasteiger partial charge >= 0.3 is 0 Å². The first kappa shape index (κ1) is 19.4. The van der Waals surface area contributed by atoms with Crippen LogP contribution in [0.3, 0.4) is 0 Å². The first-order valence-electron chi connectivity index (χ1n) is 7.93. The molecule has 1 fully saturated rings. The predicted octanol–water partition coefficient (Wildman–Crippen LogP) is -1.72. The number of amides is 1. The van der Waals surface area contributed by atoms with Gasteiger partial charge < -0.3 is 20.6 Å². The van der Waals surface area contributed by atoms with Gasteiger partial charge in [-0.2, -0.15) is 4.39 Å². The summed E-state index contributed by atoms with van der Waals surface area (Å²) in [7, 11) is 1.39. The van der Waals surface area contributed by atoms with E-state index in [1.54, 1.807) is 0 Å². The highest BCUT2D eigenvalue weighted by molar-refractivity contribution is 5.95. The molecule has 2 heterocycles. The number of carbonyl (C=O) groups is 2. The molecule has 1 aromatic heterocycles. The van der Waals surface area contributed by atoms with Crippen molar-refractivity contribution in [3.05, 3.63) is 29.8 Å². The van der Waals surface area contributed by atoms with E-state index in [2.05, 4.69) is 15.6 Å². The number of ketones is 1. The van der Waals surface area contributed by atoms with Crippen molar-refractivity contribution in [1.29, 1.82) is 0 Å². The number of rotatable bonds is 7. The summed E-state index contributed by atoms with van der Waals surface area (Å²) < 4.78 is 12.8. The minimum absolute atomic E-state index is 0.0563. The van der Waals surface area contributed by atoms with Crippen LogP contribution in [0, 0.1) is 5.95 Å². The molecule has 0 unspecified atom stereocenters. The lowest BCUT2D eigenvalue weighted by atomic mass is 9.82. The smallest absolute Gasteiger partial charge is 0.222 e. The quantitative estimate of drug-likeness (QED) is 0.368. The van der Waals surface area contributed by atoms with Gasteiger partial charge in [0.2, 0.25) is 11.9 Å². The van der Waals surface area contributed by atoms with Gasteiger partial charge in [0.15, 0.2) is 5.78 Å². The van der Waals surface area contributed by atoms with Crippen LogP contribution in [0.1, 0.15) is 18.4 Å². The average Bonchev–Trinajstić information content (AvgIpc) is 2.86. The van der Waals surface area contributed by atoms with Crippen molar-refractivity contribution in [3.63, 3.8) is 0 Å². The van der Waals surface area contributed by atoms with Crippen molar-refractivity contribution in [2.24, 2.45) is 0 Å². The Labute approximate surface area is 144 Å². The molecule has 1 aliphatic heterocycles. The number of aromatic nitrogens is 1. The van der Waals surface area contributed by atoms with E-state index in [0.29, 0.717) is 5.56 Å². The zero-order valence-corrected chi connectivity index (χ0v) is 13.8. The Morgan fingerprint density at radius 2 is 2.12 bits per heavy atom. The van der Waals surface area contributed by atoms with Crippen molar-refractivity contribution in [1.82, 2.24) is 15.6 Å². The highest BCUT2D eigenvalue weighted by Crippen LogP contribution is 2.30. The Morgan fingerprint density at radius 1 is 1.40 bits per heavy atom. The Balaban J connectivity index is 2.18. The number of carbonyl (C=O) groups excluding carboxylic acids is 2. The highest BCUT2D eigenvalue weighted by Gasteiger charge is 2.56. The second-order valence-corrected chi connectivity index (χ2v) is 6.10. The summed E-state index contributed by atoms with van der Waals surface area (Å²) in [6.45, 7) is -0.497. The number of halogens is 1. The van der Waals surface area contributed by atoms with E-state index in [-0.39, 0.29) is 19.3 Å². The number of nitrogens with zero attached hydrogens (tertiary/aromatic N) is 1. The molecule has 0 bridgehead atoms. The molecule has 1 amide bonds. The molecule has 138 valence electrons. The molecular weight excluding hydrogens is 333 g/mol. The highest BCUT2D eigenvalue weighted by atomic mass is 19.1. The second-order valence-electron chi connectivity index (χ2n) is 6.10. The van der Waals surface area contributed by atoms with Gasteiger partial charge in [-0.15, -0.1) is 0 Å². The zero-order valence-electron chi connectivity index (χ0n) is 13.8. The average molecular weight is 355 g/mol. The summed E-state index contributed by atoms with van der Waals surface area (Å²) >= 11 is 0. The van der Waals surface area contributed by atoms with Crippen molar-refractivity contribution in [3.8, 4) is 0 Å². The Kier molecular flexibility index (Phi) is 6.17. The SMILES string of the molecule is CNC(=O)C[C@@]1(C(=O)CCc2ccc(F)nc2)N[C@H](CO)[C@@H](O)[C@@H]1O. The summed E-state index contributed by atoms with van der Waals surface area (Å²) in [5, 5.41) is 34.8. The number of aryl methyl sites for hydroxylation is 1. The number of Topliss-reactive ketones (excluding diaryl/α,β-unsaturated/α-hetero) is 1. The fourth-order valence-corrected chi connectivity index (χ4v) is 3.04. The van der Waals surface area contributed by atoms with Gasteiger partial charge in [-0.05, 0) is 18.1 Å². The van der Waals surface area contributed by atoms with Gasteiger partial charge in [0.1, 0.15) is 11.6 Å². The van der Waals surface area contributed by atoms with E-state index in [0.717, 1.165) is 0 Å². The van der Waals surface area contributed by atoms with E-state index in [9.17, 15) is 29.3 Å². The third-order valence-corrected chi connectivity index (χ3v) is 4.53. The Morgan fingerprint density at radius 3 is 2.64 bits per heavy atom. The lowest BCUT2D eigenvalue weighted by Gasteiger charge is -2.31. The predicted molar refractivity (Wildman–Crippen MR) is 85.0 cm³/mol. The van der Waals surface area contributed by atoms with Crippen molar-refractivity contribution in [2.45, 2.75) is 43.1 Å². The lowest BCUT2D eigenvalue weighted by molar-refractivity contribution is -0.136. The fourth-order valence-electron chi connectivity index (χ4n) is 3.04. The van der Waals surface area contributed by atoms with Gasteiger partial charge in [-0.25, -0.2) is 4.98 Å². The van der Waals surface area contributed by atoms with E-state index in [1.165, 1.54) is 25.4 Å². The summed E-state index contributed by atoms with van der Waals surface area (Å²) in [5.74, 6) is -1.61. The topological polar surface area (TPSA) is 132 Å². The molecule has 8 nitrogen and oxygen atoms in total. The standard InChI is InChI=1S/C16H22FN3O5/c1-18-13(23)6-16(15(25)14(24)10(8-21)20-16)11(22)4-2-9-3-5-12(17)19-7-9/h3,5,7,10,14-15,20-21,24-25H,2,4,6,8H2,1H3,(H,18,23)/t10-,14-,15+,16+/m1/s1. The van der Waals surface area contributed by atoms with E-state index in [4.69, 9.17) is 0 Å². The maximum absolute atomic E-state index is 12.8. The molecule has 5 N–H and O–H groups in total. The minimum Gasteiger partial charge on any atom is -0.395 e. The molecule has 1 aromatic rings. The molecule has 0 aromatic carbocycles. The van der Waals surface area contributed by atoms with Gasteiger partial charge in [-0.1, -0.05) is 6.07 Å². The molecule has 0 saturated carbocycles. The second kappa shape index (κ2) is 7.96. The van der Waals surface area contributed by atoms with Crippen molar-refractivity contribution >= 4 is 11.7 Å². The van der Waals surface area contributed by atoms with E-state index in [1.807, 2.05) is 0 Å². The van der Waals surface area contributed by atoms with Crippen molar-refractivity contribution in [2.75, 3.05) is 13.7 Å². The van der Waals surface area contributed by atoms with E-state index >= 15 is 0 Å². The minimum atomic E-state index is -1.69. The number of hydrogen-bond donors (Lipinski definition) is 5. The third kappa shape index (κ3) is 4.01. The molecule has 0 aliphatic carbocycles. The number of aliphatic hydroxyl groups excluding tert-OH is 3. The molecule has 0 spiro atoms. The Bertz CT molecular complexity index is 627. The number of nitrogens with one attached hydrogen (secondary N) is 2. The van der Waals surface area contributed by atoms with Crippen LogP contribution in [0.4, 0.5) is 4.39 Å². The summed E-state index contributed by atoms with van der Waals surface area (Å²) in [5.41, 5.74) is -1.07. The molecule has 1 aliphatic rings. The summed E-state index contributed by atoms with van der Waals surface area (Å²) in [6, 6.07) is 1.75. The maximum Gasteiger partial charge on any atom is 0.222 e. The molecule has 1 saturated heterocycles. The van der Waals surface area contributed by atoms with Crippen LogP contribution < -0.4 is 10.6 Å². The van der Waals surface area contributed by atoms with Crippen LogP contribution in [-0.2, 0) is 16.0 Å². The van der Waals surface area contributed by atoms with Crippen LogP contribution in [0.15, 0.2) is 18.3 Å². The Hall–Kier alpha value is -1.94. The fraction of sp³-hybridized carbons (Fsp3) is 0.562. The van der Waals surface area contributed by atoms with Gasteiger partial charge in [0.05, 0.1) is 25.2 Å². The number of aliphatic hydroxyl groups is 3. The third-order valence-electron chi connectivity index (χ3n) is 4.53. The molecule has 2 rings (SSSR count). The van der Waals surface area contributed by atoms with Crippen LogP contribution in [-0.4, -0.2) is 69.4 Å². The van der Waals surface area contributed by atoms with Gasteiger partial charge in [0, 0.05) is 19.7 Å². The van der Waals surface area contributed by atoms with Crippen LogP contribution in [0.5, 0.6) is 0 Å². The lowest BCUT2D eigenvalue weighted by Crippen LogP contribution is -2.58. The normalized spacial score (nSPS) is 28.8. The van der Waals surface area contributed by atoms with Crippen molar-refractivity contribution < 1.29 is 29.3 Å².